The lowest BCUT2D eigenvalue weighted by Crippen LogP contribution is -2.09. The number of oxazole rings is 1. The standard InChI is InChI=1S/C49H30N2O2/c1-3-11-31(12-4-1)32-19-23-35(24-20-32)51(37-26-28-40-39-16-9-10-18-44(39)52-45(40)30-37)36-25-21-33-22-27-41-38-15-7-8-17-42(38)48-47(46(41)43(33)29-36)50-49(53-48)34-13-5-2-6-14-34/h1-30H. The lowest BCUT2D eigenvalue weighted by atomic mass is 9.95. The normalized spacial score (nSPS) is 11.8. The fourth-order valence-electron chi connectivity index (χ4n) is 7.95. The van der Waals surface area contributed by atoms with Crippen LogP contribution in [0.5, 0.6) is 0 Å². The van der Waals surface area contributed by atoms with Crippen molar-refractivity contribution in [1.82, 2.24) is 4.98 Å². The molecule has 248 valence electrons. The number of aromatic nitrogens is 1. The maximum atomic E-state index is 6.62. The van der Waals surface area contributed by atoms with Gasteiger partial charge >= 0.3 is 0 Å². The molecule has 0 aliphatic heterocycles. The Hall–Kier alpha value is -7.17. The van der Waals surface area contributed by atoms with Gasteiger partial charge in [-0.1, -0.05) is 121 Å². The third-order valence-corrected chi connectivity index (χ3v) is 10.5. The van der Waals surface area contributed by atoms with Crippen molar-refractivity contribution in [3.63, 3.8) is 0 Å². The summed E-state index contributed by atoms with van der Waals surface area (Å²) in [5, 5.41) is 8.88. The van der Waals surface area contributed by atoms with E-state index in [0.29, 0.717) is 5.89 Å². The molecule has 0 amide bonds. The minimum Gasteiger partial charge on any atom is -0.456 e. The number of hydrogen-bond acceptors (Lipinski definition) is 4. The van der Waals surface area contributed by atoms with Crippen LogP contribution in [0.3, 0.4) is 0 Å². The van der Waals surface area contributed by atoms with Crippen LogP contribution < -0.4 is 4.90 Å². The number of hydrogen-bond donors (Lipinski definition) is 0. The highest BCUT2D eigenvalue weighted by Gasteiger charge is 2.20. The van der Waals surface area contributed by atoms with Gasteiger partial charge in [0.15, 0.2) is 5.58 Å². The number of benzene rings is 9. The molecule has 4 nitrogen and oxygen atoms in total. The first-order valence-corrected chi connectivity index (χ1v) is 17.9. The number of para-hydroxylation sites is 1. The summed E-state index contributed by atoms with van der Waals surface area (Å²) in [6, 6.07) is 63.8. The van der Waals surface area contributed by atoms with Gasteiger partial charge in [0.05, 0.1) is 0 Å². The number of furan rings is 1. The van der Waals surface area contributed by atoms with Gasteiger partial charge < -0.3 is 13.7 Å². The van der Waals surface area contributed by atoms with E-state index in [1.165, 1.54) is 11.1 Å². The van der Waals surface area contributed by atoms with Gasteiger partial charge in [-0.05, 0) is 87.3 Å². The summed E-state index contributed by atoms with van der Waals surface area (Å²) in [5.41, 5.74) is 9.78. The Bertz CT molecular complexity index is 3160. The van der Waals surface area contributed by atoms with Crippen LogP contribution in [0.1, 0.15) is 0 Å². The minimum atomic E-state index is 0.616. The van der Waals surface area contributed by atoms with Crippen molar-refractivity contribution in [1.29, 1.82) is 0 Å². The minimum absolute atomic E-state index is 0.616. The lowest BCUT2D eigenvalue weighted by Gasteiger charge is -2.26. The highest BCUT2D eigenvalue weighted by Crippen LogP contribution is 2.44. The van der Waals surface area contributed by atoms with Crippen molar-refractivity contribution in [2.75, 3.05) is 4.90 Å². The third-order valence-electron chi connectivity index (χ3n) is 10.5. The average Bonchev–Trinajstić information content (AvgIpc) is 3.84. The summed E-state index contributed by atoms with van der Waals surface area (Å²) in [7, 11) is 0. The zero-order valence-electron chi connectivity index (χ0n) is 28.5. The predicted octanol–water partition coefficient (Wildman–Crippen LogP) is 14.0. The van der Waals surface area contributed by atoms with Gasteiger partial charge in [0.1, 0.15) is 16.7 Å². The fourth-order valence-corrected chi connectivity index (χ4v) is 7.95. The lowest BCUT2D eigenvalue weighted by molar-refractivity contribution is 0.623. The van der Waals surface area contributed by atoms with Crippen LogP contribution >= 0.6 is 0 Å². The van der Waals surface area contributed by atoms with Gasteiger partial charge in [0.2, 0.25) is 5.89 Å². The van der Waals surface area contributed by atoms with Crippen LogP contribution in [0.4, 0.5) is 17.1 Å². The molecule has 0 N–H and O–H groups in total. The second-order valence-corrected chi connectivity index (χ2v) is 13.5. The van der Waals surface area contributed by atoms with Crippen LogP contribution in [-0.4, -0.2) is 4.98 Å². The van der Waals surface area contributed by atoms with Crippen molar-refractivity contribution in [2.45, 2.75) is 0 Å². The van der Waals surface area contributed by atoms with Gasteiger partial charge in [-0.2, -0.15) is 0 Å². The van der Waals surface area contributed by atoms with E-state index in [9.17, 15) is 0 Å². The van der Waals surface area contributed by atoms with Gasteiger partial charge in [0.25, 0.3) is 0 Å². The molecule has 0 radical (unpaired) electrons. The van der Waals surface area contributed by atoms with Crippen LogP contribution in [0.2, 0.25) is 0 Å². The van der Waals surface area contributed by atoms with E-state index in [2.05, 4.69) is 144 Å². The molecule has 11 rings (SSSR count). The quantitative estimate of drug-likeness (QED) is 0.170. The number of anilines is 3. The molecular weight excluding hydrogens is 649 g/mol. The van der Waals surface area contributed by atoms with Crippen molar-refractivity contribution >= 4 is 82.4 Å². The van der Waals surface area contributed by atoms with Gasteiger partial charge in [-0.15, -0.1) is 0 Å². The van der Waals surface area contributed by atoms with Crippen molar-refractivity contribution in [3.05, 3.63) is 182 Å². The summed E-state index contributed by atoms with van der Waals surface area (Å²) in [6.07, 6.45) is 0. The SMILES string of the molecule is c1ccc(-c2ccc(N(c3ccc4c(c3)oc3ccccc34)c3ccc4ccc5c6ccccc6c6oc(-c7ccccc7)nc6c5c4c3)cc2)cc1. The smallest absolute Gasteiger partial charge is 0.227 e. The Labute approximate surface area is 304 Å². The van der Waals surface area contributed by atoms with Gasteiger partial charge in [-0.3, -0.25) is 0 Å². The van der Waals surface area contributed by atoms with E-state index < -0.39 is 0 Å². The Morgan fingerprint density at radius 2 is 0.962 bits per heavy atom. The topological polar surface area (TPSA) is 42.4 Å². The summed E-state index contributed by atoms with van der Waals surface area (Å²) in [5.74, 6) is 0.616. The number of fused-ring (bicyclic) bond motifs is 11. The van der Waals surface area contributed by atoms with E-state index in [4.69, 9.17) is 13.8 Å². The highest BCUT2D eigenvalue weighted by atomic mass is 16.3. The largest absolute Gasteiger partial charge is 0.456 e. The second-order valence-electron chi connectivity index (χ2n) is 13.5. The molecule has 0 bridgehead atoms. The predicted molar refractivity (Wildman–Crippen MR) is 219 cm³/mol. The maximum Gasteiger partial charge on any atom is 0.227 e. The molecule has 2 heterocycles. The molecular formula is C49H30N2O2. The molecule has 0 saturated heterocycles. The van der Waals surface area contributed by atoms with Crippen LogP contribution in [0.15, 0.2) is 191 Å². The van der Waals surface area contributed by atoms with E-state index >= 15 is 0 Å². The fraction of sp³-hybridized carbons (Fsp3) is 0. The van der Waals surface area contributed by atoms with Gasteiger partial charge in [0, 0.05) is 50.2 Å². The summed E-state index contributed by atoms with van der Waals surface area (Å²) in [6.45, 7) is 0. The van der Waals surface area contributed by atoms with E-state index in [-0.39, 0.29) is 0 Å². The first kappa shape index (κ1) is 29.5. The summed E-state index contributed by atoms with van der Waals surface area (Å²) in [4.78, 5) is 7.52. The monoisotopic (exact) mass is 678 g/mol. The zero-order valence-corrected chi connectivity index (χ0v) is 28.5. The van der Waals surface area contributed by atoms with E-state index in [1.54, 1.807) is 0 Å². The Morgan fingerprint density at radius 1 is 0.377 bits per heavy atom. The number of nitrogens with zero attached hydrogens (tertiary/aromatic N) is 2. The molecule has 0 atom stereocenters. The molecule has 0 aliphatic carbocycles. The molecule has 53 heavy (non-hydrogen) atoms. The highest BCUT2D eigenvalue weighted by molar-refractivity contribution is 6.29. The van der Waals surface area contributed by atoms with Crippen molar-refractivity contribution in [2.24, 2.45) is 0 Å². The average molecular weight is 679 g/mol. The Balaban J connectivity index is 1.17. The van der Waals surface area contributed by atoms with Crippen LogP contribution in [0.25, 0.3) is 87.9 Å². The van der Waals surface area contributed by atoms with Crippen LogP contribution in [0, 0.1) is 0 Å². The molecule has 0 unspecified atom stereocenters. The molecule has 0 spiro atoms. The molecule has 0 saturated carbocycles. The molecule has 0 fully saturated rings. The maximum absolute atomic E-state index is 6.62. The summed E-state index contributed by atoms with van der Waals surface area (Å²) >= 11 is 0. The van der Waals surface area contributed by atoms with Crippen molar-refractivity contribution in [3.8, 4) is 22.6 Å². The second kappa shape index (κ2) is 11.7. The van der Waals surface area contributed by atoms with Gasteiger partial charge in [-0.25, -0.2) is 4.98 Å². The third kappa shape index (κ3) is 4.73. The first-order chi connectivity index (χ1) is 26.3. The molecule has 11 aromatic rings. The Morgan fingerprint density at radius 3 is 1.77 bits per heavy atom. The van der Waals surface area contributed by atoms with Crippen LogP contribution in [-0.2, 0) is 0 Å². The molecule has 2 aromatic heterocycles. The first-order valence-electron chi connectivity index (χ1n) is 17.9. The molecule has 0 aliphatic rings. The van der Waals surface area contributed by atoms with Crippen molar-refractivity contribution < 1.29 is 8.83 Å². The zero-order chi connectivity index (χ0) is 34.9. The molecule has 9 aromatic carbocycles. The number of rotatable bonds is 5. The van der Waals surface area contributed by atoms with E-state index in [0.717, 1.165) is 88.0 Å². The van der Waals surface area contributed by atoms with E-state index in [1.807, 2.05) is 42.5 Å². The molecule has 4 heteroatoms. The Kier molecular flexibility index (Phi) is 6.52. The summed E-state index contributed by atoms with van der Waals surface area (Å²) < 4.78 is 13.0.